The molecule has 0 saturated heterocycles. The summed E-state index contributed by atoms with van der Waals surface area (Å²) < 4.78 is 10.6. The minimum atomic E-state index is 0.587. The number of anilines is 1. The fourth-order valence-electron chi connectivity index (χ4n) is 1.95. The Kier molecular flexibility index (Phi) is 5.38. The molecule has 5 nitrogen and oxygen atoms in total. The summed E-state index contributed by atoms with van der Waals surface area (Å²) in [5.41, 5.74) is 1.03. The SMILES string of the molecule is COc1ccc(OC)c(CNc2nnc(CC(C)C)s2)c1. The fourth-order valence-corrected chi connectivity index (χ4v) is 2.90. The van der Waals surface area contributed by atoms with Crippen LogP contribution in [0.3, 0.4) is 0 Å². The normalized spacial score (nSPS) is 10.7. The van der Waals surface area contributed by atoms with Gasteiger partial charge in [-0.1, -0.05) is 25.2 Å². The lowest BCUT2D eigenvalue weighted by molar-refractivity contribution is 0.399. The Bertz CT molecular complexity index is 584. The van der Waals surface area contributed by atoms with E-state index in [1.54, 1.807) is 25.6 Å². The van der Waals surface area contributed by atoms with E-state index in [4.69, 9.17) is 9.47 Å². The van der Waals surface area contributed by atoms with Gasteiger partial charge in [0.05, 0.1) is 14.2 Å². The van der Waals surface area contributed by atoms with Gasteiger partial charge in [-0.2, -0.15) is 0 Å². The largest absolute Gasteiger partial charge is 0.497 e. The second-order valence-electron chi connectivity index (χ2n) is 5.13. The summed E-state index contributed by atoms with van der Waals surface area (Å²) >= 11 is 1.60. The molecular formula is C15H21N3O2S. The van der Waals surface area contributed by atoms with Crippen LogP contribution in [0.15, 0.2) is 18.2 Å². The molecule has 0 aliphatic heterocycles. The molecule has 21 heavy (non-hydrogen) atoms. The first-order chi connectivity index (χ1) is 10.1. The van der Waals surface area contributed by atoms with E-state index in [-0.39, 0.29) is 0 Å². The van der Waals surface area contributed by atoms with Crippen LogP contribution < -0.4 is 14.8 Å². The van der Waals surface area contributed by atoms with Crippen LogP contribution in [0, 0.1) is 5.92 Å². The van der Waals surface area contributed by atoms with Crippen molar-refractivity contribution in [2.75, 3.05) is 19.5 Å². The van der Waals surface area contributed by atoms with Gasteiger partial charge < -0.3 is 14.8 Å². The van der Waals surface area contributed by atoms with Crippen molar-refractivity contribution in [2.24, 2.45) is 5.92 Å². The van der Waals surface area contributed by atoms with Gasteiger partial charge in [-0.05, 0) is 24.1 Å². The molecule has 0 fully saturated rings. The van der Waals surface area contributed by atoms with E-state index in [0.29, 0.717) is 12.5 Å². The van der Waals surface area contributed by atoms with E-state index in [2.05, 4.69) is 29.4 Å². The van der Waals surface area contributed by atoms with Crippen molar-refractivity contribution in [3.05, 3.63) is 28.8 Å². The molecule has 0 unspecified atom stereocenters. The zero-order chi connectivity index (χ0) is 15.2. The van der Waals surface area contributed by atoms with Crippen LogP contribution >= 0.6 is 11.3 Å². The highest BCUT2D eigenvalue weighted by molar-refractivity contribution is 7.15. The van der Waals surface area contributed by atoms with Crippen molar-refractivity contribution < 1.29 is 9.47 Å². The van der Waals surface area contributed by atoms with E-state index in [0.717, 1.165) is 33.6 Å². The van der Waals surface area contributed by atoms with E-state index < -0.39 is 0 Å². The summed E-state index contributed by atoms with van der Waals surface area (Å²) in [6.07, 6.45) is 0.960. The van der Waals surface area contributed by atoms with E-state index in [1.165, 1.54) is 0 Å². The Morgan fingerprint density at radius 3 is 2.67 bits per heavy atom. The highest BCUT2D eigenvalue weighted by atomic mass is 32.1. The average Bonchev–Trinajstić information content (AvgIpc) is 2.91. The molecule has 1 aromatic heterocycles. The van der Waals surface area contributed by atoms with E-state index >= 15 is 0 Å². The topological polar surface area (TPSA) is 56.3 Å². The molecule has 1 N–H and O–H groups in total. The van der Waals surface area contributed by atoms with Crippen LogP contribution in [-0.4, -0.2) is 24.4 Å². The van der Waals surface area contributed by atoms with Crippen molar-refractivity contribution in [1.82, 2.24) is 10.2 Å². The number of nitrogens with zero attached hydrogens (tertiary/aromatic N) is 2. The Morgan fingerprint density at radius 1 is 1.19 bits per heavy atom. The minimum absolute atomic E-state index is 0.587. The van der Waals surface area contributed by atoms with Gasteiger partial charge in [-0.15, -0.1) is 10.2 Å². The Balaban J connectivity index is 2.03. The molecule has 0 amide bonds. The van der Waals surface area contributed by atoms with Gasteiger partial charge in [-0.3, -0.25) is 0 Å². The third kappa shape index (κ3) is 4.32. The molecule has 114 valence electrons. The maximum Gasteiger partial charge on any atom is 0.205 e. The first-order valence-corrected chi connectivity index (χ1v) is 7.71. The third-order valence-corrected chi connectivity index (χ3v) is 3.87. The lowest BCUT2D eigenvalue weighted by Crippen LogP contribution is -2.02. The zero-order valence-corrected chi connectivity index (χ0v) is 13.7. The Labute approximate surface area is 129 Å². The predicted molar refractivity (Wildman–Crippen MR) is 85.3 cm³/mol. The van der Waals surface area contributed by atoms with Crippen molar-refractivity contribution in [1.29, 1.82) is 0 Å². The molecule has 0 spiro atoms. The monoisotopic (exact) mass is 307 g/mol. The first kappa shape index (κ1) is 15.6. The van der Waals surface area contributed by atoms with Crippen molar-refractivity contribution in [3.8, 4) is 11.5 Å². The Morgan fingerprint density at radius 2 is 2.00 bits per heavy atom. The van der Waals surface area contributed by atoms with Gasteiger partial charge in [0.1, 0.15) is 16.5 Å². The van der Waals surface area contributed by atoms with E-state index in [9.17, 15) is 0 Å². The van der Waals surface area contributed by atoms with Crippen molar-refractivity contribution in [3.63, 3.8) is 0 Å². The summed E-state index contributed by atoms with van der Waals surface area (Å²) in [6, 6.07) is 5.75. The van der Waals surface area contributed by atoms with Crippen LogP contribution in [-0.2, 0) is 13.0 Å². The summed E-state index contributed by atoms with van der Waals surface area (Å²) in [7, 11) is 3.32. The van der Waals surface area contributed by atoms with Crippen molar-refractivity contribution in [2.45, 2.75) is 26.8 Å². The van der Waals surface area contributed by atoms with Crippen LogP contribution in [0.1, 0.15) is 24.4 Å². The van der Waals surface area contributed by atoms with Crippen LogP contribution in [0.25, 0.3) is 0 Å². The lowest BCUT2D eigenvalue weighted by Gasteiger charge is -2.10. The molecule has 0 bridgehead atoms. The molecule has 0 radical (unpaired) electrons. The molecular weight excluding hydrogens is 286 g/mol. The number of aromatic nitrogens is 2. The molecule has 0 aliphatic rings. The van der Waals surface area contributed by atoms with Gasteiger partial charge in [0.25, 0.3) is 0 Å². The fraction of sp³-hybridized carbons (Fsp3) is 0.467. The van der Waals surface area contributed by atoms with E-state index in [1.807, 2.05) is 18.2 Å². The number of ether oxygens (including phenoxy) is 2. The minimum Gasteiger partial charge on any atom is -0.497 e. The second-order valence-corrected chi connectivity index (χ2v) is 6.19. The summed E-state index contributed by atoms with van der Waals surface area (Å²) in [6.45, 7) is 4.97. The van der Waals surface area contributed by atoms with Gasteiger partial charge in [0, 0.05) is 18.5 Å². The highest BCUT2D eigenvalue weighted by Crippen LogP contribution is 2.25. The second kappa shape index (κ2) is 7.26. The van der Waals surface area contributed by atoms with Crippen LogP contribution in [0.2, 0.25) is 0 Å². The standard InChI is InChI=1S/C15H21N3O2S/c1-10(2)7-14-17-18-15(21-14)16-9-11-8-12(19-3)5-6-13(11)20-4/h5-6,8,10H,7,9H2,1-4H3,(H,16,18). The molecule has 1 aromatic carbocycles. The van der Waals surface area contributed by atoms with Gasteiger partial charge in [-0.25, -0.2) is 0 Å². The van der Waals surface area contributed by atoms with Crippen LogP contribution in [0.4, 0.5) is 5.13 Å². The number of methoxy groups -OCH3 is 2. The number of hydrogen-bond donors (Lipinski definition) is 1. The number of hydrogen-bond acceptors (Lipinski definition) is 6. The maximum atomic E-state index is 5.36. The molecule has 6 heteroatoms. The molecule has 2 aromatic rings. The Hall–Kier alpha value is -1.82. The molecule has 2 rings (SSSR count). The first-order valence-electron chi connectivity index (χ1n) is 6.89. The predicted octanol–water partition coefficient (Wildman–Crippen LogP) is 3.37. The molecule has 1 heterocycles. The molecule has 0 saturated carbocycles. The maximum absolute atomic E-state index is 5.36. The van der Waals surface area contributed by atoms with Gasteiger partial charge in [0.15, 0.2) is 0 Å². The smallest absolute Gasteiger partial charge is 0.205 e. The number of rotatable bonds is 7. The summed E-state index contributed by atoms with van der Waals surface area (Å²) in [5.74, 6) is 2.23. The van der Waals surface area contributed by atoms with Crippen molar-refractivity contribution >= 4 is 16.5 Å². The number of benzene rings is 1. The third-order valence-electron chi connectivity index (χ3n) is 2.97. The summed E-state index contributed by atoms with van der Waals surface area (Å²) in [4.78, 5) is 0. The van der Waals surface area contributed by atoms with Gasteiger partial charge >= 0.3 is 0 Å². The lowest BCUT2D eigenvalue weighted by atomic mass is 10.1. The zero-order valence-electron chi connectivity index (χ0n) is 12.8. The quantitative estimate of drug-likeness (QED) is 0.850. The molecule has 0 atom stereocenters. The van der Waals surface area contributed by atoms with Crippen LogP contribution in [0.5, 0.6) is 11.5 Å². The summed E-state index contributed by atoms with van der Waals surface area (Å²) in [5, 5.41) is 13.5. The van der Waals surface area contributed by atoms with Gasteiger partial charge in [0.2, 0.25) is 5.13 Å². The molecule has 0 aliphatic carbocycles. The average molecular weight is 307 g/mol. The number of nitrogens with one attached hydrogen (secondary N) is 1. The highest BCUT2D eigenvalue weighted by Gasteiger charge is 2.08.